The Labute approximate surface area is 184 Å². The molecule has 3 heterocycles. The zero-order chi connectivity index (χ0) is 22.9. The molecule has 3 aliphatic heterocycles. The maximum atomic E-state index is 13.0. The molecule has 1 saturated carbocycles. The van der Waals surface area contributed by atoms with E-state index in [2.05, 4.69) is 4.40 Å². The van der Waals surface area contributed by atoms with Crippen molar-refractivity contribution in [1.82, 2.24) is 4.90 Å². The number of amides is 1. The Morgan fingerprint density at radius 3 is 2.53 bits per heavy atom. The standard InChI is InChI=1S/C21H25F3N2O5S/c22-21(23,24)32(28,29)25-17-5-3-11-26-18(17)12-30-15-9-7-14(8-10-15)16-4-1-2-6-19(16)31-13-20(26)27/h1-2,4,6,14-15,18H,3,5,7-13H2/b25-17+. The van der Waals surface area contributed by atoms with Gasteiger partial charge in [-0.1, -0.05) is 18.2 Å². The molecule has 5 rings (SSSR count). The number of hydrogen-bond acceptors (Lipinski definition) is 5. The number of hydrogen-bond donors (Lipinski definition) is 0. The molecule has 32 heavy (non-hydrogen) atoms. The van der Waals surface area contributed by atoms with Crippen LogP contribution < -0.4 is 4.74 Å². The van der Waals surface area contributed by atoms with E-state index in [9.17, 15) is 26.4 Å². The molecule has 2 bridgehead atoms. The minimum atomic E-state index is -5.71. The van der Waals surface area contributed by atoms with Crippen LogP contribution in [0.2, 0.25) is 0 Å². The number of piperidine rings is 1. The number of benzene rings is 1. The van der Waals surface area contributed by atoms with Crippen LogP contribution in [0.3, 0.4) is 0 Å². The lowest BCUT2D eigenvalue weighted by molar-refractivity contribution is -0.136. The summed E-state index contributed by atoms with van der Waals surface area (Å²) in [6, 6.07) is 6.57. The van der Waals surface area contributed by atoms with Crippen molar-refractivity contribution < 1.29 is 35.9 Å². The second-order valence-electron chi connectivity index (χ2n) is 8.34. The van der Waals surface area contributed by atoms with Gasteiger partial charge >= 0.3 is 15.5 Å². The summed E-state index contributed by atoms with van der Waals surface area (Å²) in [5.74, 6) is 0.446. The molecule has 11 heteroatoms. The first-order valence-electron chi connectivity index (χ1n) is 10.7. The van der Waals surface area contributed by atoms with E-state index in [0.29, 0.717) is 12.2 Å². The second kappa shape index (κ2) is 9.01. The lowest BCUT2D eigenvalue weighted by Gasteiger charge is -2.37. The van der Waals surface area contributed by atoms with Gasteiger partial charge in [-0.3, -0.25) is 4.79 Å². The lowest BCUT2D eigenvalue weighted by atomic mass is 9.82. The number of alkyl halides is 3. The lowest BCUT2D eigenvalue weighted by Crippen LogP contribution is -2.53. The Morgan fingerprint density at radius 1 is 1.09 bits per heavy atom. The van der Waals surface area contributed by atoms with Crippen LogP contribution in [0.15, 0.2) is 28.7 Å². The minimum Gasteiger partial charge on any atom is -0.483 e. The number of fused-ring (bicyclic) bond motifs is 5. The monoisotopic (exact) mass is 474 g/mol. The van der Waals surface area contributed by atoms with E-state index in [1.54, 1.807) is 6.07 Å². The topological polar surface area (TPSA) is 85.3 Å². The van der Waals surface area contributed by atoms with Crippen molar-refractivity contribution in [2.24, 2.45) is 4.40 Å². The summed E-state index contributed by atoms with van der Waals surface area (Å²) in [6.45, 7) is -0.139. The van der Waals surface area contributed by atoms with Crippen LogP contribution in [0, 0.1) is 0 Å². The Bertz CT molecular complexity index is 987. The molecule has 2 fully saturated rings. The molecule has 1 aliphatic carbocycles. The number of nitrogens with zero attached hydrogens (tertiary/aromatic N) is 2. The number of para-hydroxylation sites is 1. The molecule has 1 aromatic rings. The SMILES string of the molecule is O=C1COc2ccccc2C2CCC(CC2)OCC2/C(=N/S(=O)(=O)C(F)(F)F)CCCN12. The normalized spacial score (nSPS) is 28.7. The highest BCUT2D eigenvalue weighted by Gasteiger charge is 2.47. The molecule has 1 aromatic carbocycles. The number of carbonyl (C=O) groups excluding carboxylic acids is 1. The molecule has 0 N–H and O–H groups in total. The Kier molecular flexibility index (Phi) is 6.49. The summed E-state index contributed by atoms with van der Waals surface area (Å²) in [5.41, 5.74) is -4.67. The molecular weight excluding hydrogens is 449 g/mol. The van der Waals surface area contributed by atoms with Gasteiger partial charge in [0.15, 0.2) is 6.61 Å². The average molecular weight is 475 g/mol. The van der Waals surface area contributed by atoms with Crippen LogP contribution in [-0.2, 0) is 19.6 Å². The van der Waals surface area contributed by atoms with Gasteiger partial charge in [0.2, 0.25) is 0 Å². The number of ether oxygens (including phenoxy) is 2. The minimum absolute atomic E-state index is 0.0452. The van der Waals surface area contributed by atoms with E-state index in [1.165, 1.54) is 4.90 Å². The fraction of sp³-hybridized carbons (Fsp3) is 0.619. The maximum Gasteiger partial charge on any atom is 0.518 e. The van der Waals surface area contributed by atoms with Gasteiger partial charge in [-0.15, -0.1) is 0 Å². The molecule has 0 spiro atoms. The summed E-state index contributed by atoms with van der Waals surface area (Å²) < 4.78 is 77.1. The zero-order valence-corrected chi connectivity index (χ0v) is 18.2. The Balaban J connectivity index is 1.66. The first kappa shape index (κ1) is 23.0. The fourth-order valence-corrected chi connectivity index (χ4v) is 5.29. The van der Waals surface area contributed by atoms with E-state index < -0.39 is 27.5 Å². The highest BCUT2D eigenvalue weighted by Crippen LogP contribution is 2.39. The highest BCUT2D eigenvalue weighted by molar-refractivity contribution is 7.91. The quantitative estimate of drug-likeness (QED) is 0.623. The summed E-state index contributed by atoms with van der Waals surface area (Å²) in [6.07, 6.45) is 3.47. The van der Waals surface area contributed by atoms with Gasteiger partial charge in [-0.25, -0.2) is 0 Å². The molecule has 7 nitrogen and oxygen atoms in total. The smallest absolute Gasteiger partial charge is 0.483 e. The third kappa shape index (κ3) is 4.78. The summed E-state index contributed by atoms with van der Waals surface area (Å²) in [7, 11) is -5.71. The van der Waals surface area contributed by atoms with Crippen molar-refractivity contribution in [3.63, 3.8) is 0 Å². The van der Waals surface area contributed by atoms with Gasteiger partial charge in [0.05, 0.1) is 24.5 Å². The van der Waals surface area contributed by atoms with Gasteiger partial charge in [-0.2, -0.15) is 26.0 Å². The molecule has 1 saturated heterocycles. The van der Waals surface area contributed by atoms with Crippen molar-refractivity contribution >= 4 is 21.6 Å². The molecule has 1 unspecified atom stereocenters. The Hall–Kier alpha value is -2.14. The molecular formula is C21H25F3N2O5S. The molecule has 1 atom stereocenters. The number of sulfonamides is 1. The van der Waals surface area contributed by atoms with Gasteiger partial charge in [-0.05, 0) is 56.1 Å². The first-order chi connectivity index (χ1) is 15.2. The van der Waals surface area contributed by atoms with Gasteiger partial charge in [0.25, 0.3) is 5.91 Å². The molecule has 176 valence electrons. The molecule has 1 amide bonds. The summed E-state index contributed by atoms with van der Waals surface area (Å²) >= 11 is 0. The summed E-state index contributed by atoms with van der Waals surface area (Å²) in [4.78, 5) is 14.3. The predicted molar refractivity (Wildman–Crippen MR) is 110 cm³/mol. The average Bonchev–Trinajstić information content (AvgIpc) is 2.77. The third-order valence-corrected chi connectivity index (χ3v) is 7.38. The largest absolute Gasteiger partial charge is 0.518 e. The van der Waals surface area contributed by atoms with E-state index >= 15 is 0 Å². The van der Waals surface area contributed by atoms with Crippen LogP contribution in [0.5, 0.6) is 5.75 Å². The zero-order valence-electron chi connectivity index (χ0n) is 17.4. The second-order valence-corrected chi connectivity index (χ2v) is 9.94. The van der Waals surface area contributed by atoms with Crippen LogP contribution in [0.1, 0.15) is 50.0 Å². The van der Waals surface area contributed by atoms with Crippen molar-refractivity contribution in [2.45, 2.75) is 62.1 Å². The van der Waals surface area contributed by atoms with Crippen molar-refractivity contribution in [3.05, 3.63) is 29.8 Å². The summed E-state index contributed by atoms with van der Waals surface area (Å²) in [5, 5.41) is 0. The highest BCUT2D eigenvalue weighted by atomic mass is 32.2. The van der Waals surface area contributed by atoms with Crippen LogP contribution >= 0.6 is 0 Å². The van der Waals surface area contributed by atoms with Gasteiger partial charge in [0.1, 0.15) is 5.75 Å². The van der Waals surface area contributed by atoms with Crippen LogP contribution in [-0.4, -0.2) is 62.3 Å². The van der Waals surface area contributed by atoms with Crippen molar-refractivity contribution in [2.75, 3.05) is 19.8 Å². The van der Waals surface area contributed by atoms with Crippen LogP contribution in [0.4, 0.5) is 13.2 Å². The number of halogens is 3. The third-order valence-electron chi connectivity index (χ3n) is 6.32. The van der Waals surface area contributed by atoms with E-state index in [4.69, 9.17) is 9.47 Å². The van der Waals surface area contributed by atoms with E-state index in [1.807, 2.05) is 18.2 Å². The maximum absolute atomic E-state index is 13.0. The first-order valence-corrected chi connectivity index (χ1v) is 12.1. The van der Waals surface area contributed by atoms with Gasteiger partial charge < -0.3 is 14.4 Å². The Morgan fingerprint density at radius 2 is 1.81 bits per heavy atom. The fourth-order valence-electron chi connectivity index (χ4n) is 4.67. The number of rotatable bonds is 1. The van der Waals surface area contributed by atoms with Crippen LogP contribution in [0.25, 0.3) is 0 Å². The molecule has 0 aromatic heterocycles. The molecule has 4 aliphatic rings. The van der Waals surface area contributed by atoms with Crippen molar-refractivity contribution in [1.29, 1.82) is 0 Å². The van der Waals surface area contributed by atoms with E-state index in [-0.39, 0.29) is 43.9 Å². The predicted octanol–water partition coefficient (Wildman–Crippen LogP) is 3.40. The van der Waals surface area contributed by atoms with E-state index in [0.717, 1.165) is 31.2 Å². The van der Waals surface area contributed by atoms with Gasteiger partial charge in [0, 0.05) is 6.54 Å². The number of carbonyl (C=O) groups is 1. The van der Waals surface area contributed by atoms with Crippen molar-refractivity contribution in [3.8, 4) is 5.75 Å². The molecule has 0 radical (unpaired) electrons.